The molecule has 0 unspecified atom stereocenters. The highest BCUT2D eigenvalue weighted by Gasteiger charge is 2.04. The summed E-state index contributed by atoms with van der Waals surface area (Å²) in [6.45, 7) is 7.67. The smallest absolute Gasteiger partial charge is 0.238 e. The summed E-state index contributed by atoms with van der Waals surface area (Å²) in [4.78, 5) is 11.7. The van der Waals surface area contributed by atoms with Crippen molar-refractivity contribution in [3.8, 4) is 0 Å². The molecule has 0 saturated carbocycles. The van der Waals surface area contributed by atoms with E-state index >= 15 is 0 Å². The third-order valence-corrected chi connectivity index (χ3v) is 2.88. The molecule has 0 aliphatic carbocycles. The second-order valence-corrected chi connectivity index (χ2v) is 4.81. The Balaban J connectivity index is 2.20. The fraction of sp³-hybridized carbons (Fsp3) is 0.400. The van der Waals surface area contributed by atoms with E-state index in [1.54, 1.807) is 12.1 Å². The van der Waals surface area contributed by atoms with Gasteiger partial charge in [-0.05, 0) is 31.0 Å². The number of nitrogens with one attached hydrogen (secondary N) is 2. The summed E-state index contributed by atoms with van der Waals surface area (Å²) in [6.07, 6.45) is 2.66. The van der Waals surface area contributed by atoms with Crippen molar-refractivity contribution >= 4 is 23.2 Å². The van der Waals surface area contributed by atoms with E-state index in [0.29, 0.717) is 24.8 Å². The maximum absolute atomic E-state index is 11.7. The monoisotopic (exact) mass is 296 g/mol. The molecular formula is C15H21ClN2O2. The van der Waals surface area contributed by atoms with Crippen molar-refractivity contribution in [3.63, 3.8) is 0 Å². The van der Waals surface area contributed by atoms with Crippen LogP contribution in [0.5, 0.6) is 0 Å². The molecule has 0 saturated heterocycles. The number of hydrogen-bond donors (Lipinski definition) is 2. The van der Waals surface area contributed by atoms with Crippen LogP contribution in [-0.2, 0) is 9.53 Å². The Hall–Kier alpha value is -1.36. The van der Waals surface area contributed by atoms with Gasteiger partial charge in [0.2, 0.25) is 5.91 Å². The topological polar surface area (TPSA) is 50.4 Å². The minimum absolute atomic E-state index is 0.0959. The van der Waals surface area contributed by atoms with Gasteiger partial charge in [-0.15, -0.1) is 6.58 Å². The van der Waals surface area contributed by atoms with Gasteiger partial charge in [0.1, 0.15) is 0 Å². The van der Waals surface area contributed by atoms with E-state index in [4.69, 9.17) is 16.3 Å². The van der Waals surface area contributed by atoms with E-state index in [1.165, 1.54) is 0 Å². The molecule has 0 bridgehead atoms. The Bertz CT molecular complexity index is 449. The Kier molecular flexibility index (Phi) is 7.95. The fourth-order valence-corrected chi connectivity index (χ4v) is 1.71. The zero-order valence-corrected chi connectivity index (χ0v) is 12.5. The highest BCUT2D eigenvalue weighted by atomic mass is 35.5. The molecule has 20 heavy (non-hydrogen) atoms. The van der Waals surface area contributed by atoms with Crippen LogP contribution in [0.2, 0.25) is 5.02 Å². The number of ether oxygens (including phenoxy) is 1. The summed E-state index contributed by atoms with van der Waals surface area (Å²) >= 11 is 5.90. The van der Waals surface area contributed by atoms with E-state index in [9.17, 15) is 4.79 Å². The van der Waals surface area contributed by atoms with E-state index < -0.39 is 0 Å². The van der Waals surface area contributed by atoms with Crippen LogP contribution in [0.25, 0.3) is 0 Å². The first kappa shape index (κ1) is 16.7. The van der Waals surface area contributed by atoms with Gasteiger partial charge in [0.05, 0.1) is 19.8 Å². The largest absolute Gasteiger partial charge is 0.380 e. The molecule has 2 N–H and O–H groups in total. The van der Waals surface area contributed by atoms with Crippen molar-refractivity contribution in [3.05, 3.63) is 41.4 Å². The molecule has 0 spiro atoms. The van der Waals surface area contributed by atoms with Crippen molar-refractivity contribution in [2.24, 2.45) is 0 Å². The average Bonchev–Trinajstić information content (AvgIpc) is 2.42. The minimum Gasteiger partial charge on any atom is -0.380 e. The Labute approximate surface area is 125 Å². The van der Waals surface area contributed by atoms with Gasteiger partial charge >= 0.3 is 0 Å². The highest BCUT2D eigenvalue weighted by molar-refractivity contribution is 6.31. The molecular weight excluding hydrogens is 276 g/mol. The summed E-state index contributed by atoms with van der Waals surface area (Å²) in [5.41, 5.74) is 1.72. The molecule has 0 aliphatic heterocycles. The summed E-state index contributed by atoms with van der Waals surface area (Å²) in [6, 6.07) is 5.41. The lowest BCUT2D eigenvalue weighted by atomic mass is 10.2. The molecule has 1 aromatic carbocycles. The first-order valence-electron chi connectivity index (χ1n) is 6.59. The van der Waals surface area contributed by atoms with Crippen LogP contribution in [-0.4, -0.2) is 32.2 Å². The third kappa shape index (κ3) is 6.70. The van der Waals surface area contributed by atoms with Crippen LogP contribution in [0.3, 0.4) is 0 Å². The average molecular weight is 297 g/mol. The summed E-state index contributed by atoms with van der Waals surface area (Å²) in [5, 5.41) is 6.45. The van der Waals surface area contributed by atoms with Gasteiger partial charge in [0.15, 0.2) is 0 Å². The number of carbonyl (C=O) groups excluding carboxylic acids is 1. The quantitative estimate of drug-likeness (QED) is 0.544. The van der Waals surface area contributed by atoms with Crippen LogP contribution >= 0.6 is 11.6 Å². The molecule has 0 heterocycles. The molecule has 110 valence electrons. The first-order valence-corrected chi connectivity index (χ1v) is 6.96. The van der Waals surface area contributed by atoms with Crippen LogP contribution < -0.4 is 10.6 Å². The maximum atomic E-state index is 11.7. The Morgan fingerprint density at radius 2 is 2.25 bits per heavy atom. The molecule has 1 rings (SSSR count). The summed E-state index contributed by atoms with van der Waals surface area (Å²) < 4.78 is 5.33. The van der Waals surface area contributed by atoms with Gasteiger partial charge in [-0.3, -0.25) is 4.79 Å². The normalized spacial score (nSPS) is 10.3. The van der Waals surface area contributed by atoms with Gasteiger partial charge in [-0.2, -0.15) is 0 Å². The lowest BCUT2D eigenvalue weighted by Gasteiger charge is -2.09. The number of hydrogen-bond acceptors (Lipinski definition) is 3. The van der Waals surface area contributed by atoms with E-state index in [2.05, 4.69) is 17.2 Å². The Morgan fingerprint density at radius 1 is 1.45 bits per heavy atom. The number of anilines is 1. The lowest BCUT2D eigenvalue weighted by molar-refractivity contribution is -0.115. The Morgan fingerprint density at radius 3 is 3.00 bits per heavy atom. The van der Waals surface area contributed by atoms with Gasteiger partial charge in [0, 0.05) is 17.3 Å². The highest BCUT2D eigenvalue weighted by Crippen LogP contribution is 2.19. The van der Waals surface area contributed by atoms with E-state index in [-0.39, 0.29) is 12.5 Å². The molecule has 4 nitrogen and oxygen atoms in total. The number of carbonyl (C=O) groups is 1. The molecule has 0 fully saturated rings. The lowest BCUT2D eigenvalue weighted by Crippen LogP contribution is -2.30. The second-order valence-electron chi connectivity index (χ2n) is 4.37. The van der Waals surface area contributed by atoms with Crippen molar-refractivity contribution in [1.82, 2.24) is 5.32 Å². The minimum atomic E-state index is -0.0959. The summed E-state index contributed by atoms with van der Waals surface area (Å²) in [5.74, 6) is -0.0959. The number of benzene rings is 1. The van der Waals surface area contributed by atoms with Crippen molar-refractivity contribution in [1.29, 1.82) is 0 Å². The molecule has 1 amide bonds. The number of rotatable bonds is 9. The molecule has 0 radical (unpaired) electrons. The second kappa shape index (κ2) is 9.53. The van der Waals surface area contributed by atoms with Crippen molar-refractivity contribution in [2.75, 3.05) is 31.6 Å². The van der Waals surface area contributed by atoms with Crippen LogP contribution in [0, 0.1) is 6.92 Å². The van der Waals surface area contributed by atoms with Gasteiger partial charge in [-0.1, -0.05) is 23.7 Å². The predicted molar refractivity (Wildman–Crippen MR) is 83.3 cm³/mol. The van der Waals surface area contributed by atoms with E-state index in [0.717, 1.165) is 17.7 Å². The maximum Gasteiger partial charge on any atom is 0.238 e. The third-order valence-electron chi connectivity index (χ3n) is 2.65. The van der Waals surface area contributed by atoms with Crippen LogP contribution in [0.15, 0.2) is 30.9 Å². The molecule has 0 aromatic heterocycles. The molecule has 1 aromatic rings. The fourth-order valence-electron chi connectivity index (χ4n) is 1.54. The number of halogens is 1. The van der Waals surface area contributed by atoms with Crippen molar-refractivity contribution in [2.45, 2.75) is 13.3 Å². The molecule has 5 heteroatoms. The summed E-state index contributed by atoms with van der Waals surface area (Å²) in [7, 11) is 0. The van der Waals surface area contributed by atoms with Crippen LogP contribution in [0.4, 0.5) is 5.69 Å². The van der Waals surface area contributed by atoms with Gasteiger partial charge in [-0.25, -0.2) is 0 Å². The first-order chi connectivity index (χ1) is 9.63. The van der Waals surface area contributed by atoms with E-state index in [1.807, 2.05) is 19.1 Å². The number of aryl methyl sites for hydroxylation is 1. The molecule has 0 aliphatic rings. The van der Waals surface area contributed by atoms with Gasteiger partial charge < -0.3 is 15.4 Å². The van der Waals surface area contributed by atoms with Crippen molar-refractivity contribution < 1.29 is 9.53 Å². The predicted octanol–water partition coefficient (Wildman–Crippen LogP) is 2.77. The number of amides is 1. The SMILES string of the molecule is C=CCCOCCNCC(=O)Nc1cc(Cl)ccc1C. The van der Waals surface area contributed by atoms with Gasteiger partial charge in [0.25, 0.3) is 0 Å². The zero-order valence-electron chi connectivity index (χ0n) is 11.7. The standard InChI is InChI=1S/C15H21ClN2O2/c1-3-4-8-20-9-7-17-11-15(19)18-14-10-13(16)6-5-12(14)2/h3,5-6,10,17H,1,4,7-9,11H2,2H3,(H,18,19). The van der Waals surface area contributed by atoms with Crippen LogP contribution in [0.1, 0.15) is 12.0 Å². The zero-order chi connectivity index (χ0) is 14.8. The molecule has 0 atom stereocenters.